The van der Waals surface area contributed by atoms with Crippen LogP contribution < -0.4 is 5.32 Å². The van der Waals surface area contributed by atoms with Crippen LogP contribution in [0.4, 0.5) is 13.2 Å². The second-order valence-corrected chi connectivity index (χ2v) is 4.32. The van der Waals surface area contributed by atoms with Crippen LogP contribution in [-0.2, 0) is 22.5 Å². The predicted molar refractivity (Wildman–Crippen MR) is 69.2 cm³/mol. The van der Waals surface area contributed by atoms with E-state index in [9.17, 15) is 18.0 Å². The van der Waals surface area contributed by atoms with Crippen molar-refractivity contribution in [2.45, 2.75) is 32.5 Å². The summed E-state index contributed by atoms with van der Waals surface area (Å²) in [7, 11) is 0. The van der Waals surface area contributed by atoms with Gasteiger partial charge in [-0.25, -0.2) is 0 Å². The number of carbonyl (C=O) groups excluding carboxylic acids is 1. The topological polar surface area (TPSA) is 38.3 Å². The largest absolute Gasteiger partial charge is 0.411 e. The van der Waals surface area contributed by atoms with Gasteiger partial charge in [0.15, 0.2) is 0 Å². The molecule has 0 bridgehead atoms. The summed E-state index contributed by atoms with van der Waals surface area (Å²) in [6.45, 7) is 0.841. The van der Waals surface area contributed by atoms with E-state index < -0.39 is 12.8 Å². The average Bonchev–Trinajstić information content (AvgIpc) is 2.40. The maximum Gasteiger partial charge on any atom is 0.411 e. The second-order valence-electron chi connectivity index (χ2n) is 4.32. The van der Waals surface area contributed by atoms with E-state index in [1.165, 1.54) is 0 Å². The molecular formula is C14H18F3NO2. The molecule has 0 aromatic heterocycles. The lowest BCUT2D eigenvalue weighted by atomic mass is 10.1. The van der Waals surface area contributed by atoms with E-state index >= 15 is 0 Å². The first-order valence-corrected chi connectivity index (χ1v) is 6.40. The van der Waals surface area contributed by atoms with Crippen LogP contribution in [0.2, 0.25) is 0 Å². The summed E-state index contributed by atoms with van der Waals surface area (Å²) in [6.07, 6.45) is -3.57. The van der Waals surface area contributed by atoms with Crippen molar-refractivity contribution in [2.24, 2.45) is 0 Å². The van der Waals surface area contributed by atoms with Gasteiger partial charge in [-0.1, -0.05) is 31.2 Å². The van der Waals surface area contributed by atoms with Gasteiger partial charge < -0.3 is 10.1 Å². The molecule has 0 radical (unpaired) electrons. The highest BCUT2D eigenvalue weighted by Gasteiger charge is 2.27. The molecule has 1 aromatic carbocycles. The van der Waals surface area contributed by atoms with Crippen molar-refractivity contribution in [3.63, 3.8) is 0 Å². The summed E-state index contributed by atoms with van der Waals surface area (Å²) >= 11 is 0. The molecule has 1 N–H and O–H groups in total. The zero-order valence-corrected chi connectivity index (χ0v) is 11.3. The van der Waals surface area contributed by atoms with E-state index in [4.69, 9.17) is 0 Å². The minimum Gasteiger partial charge on any atom is -0.372 e. The fraction of sp³-hybridized carbons (Fsp3) is 0.500. The Bertz CT molecular complexity index is 433. The van der Waals surface area contributed by atoms with Crippen molar-refractivity contribution in [3.8, 4) is 0 Å². The molecule has 0 aliphatic carbocycles. The van der Waals surface area contributed by atoms with Crippen molar-refractivity contribution >= 4 is 5.91 Å². The van der Waals surface area contributed by atoms with Crippen LogP contribution in [0.25, 0.3) is 0 Å². The lowest BCUT2D eigenvalue weighted by Crippen LogP contribution is -2.25. The van der Waals surface area contributed by atoms with Crippen LogP contribution in [-0.4, -0.2) is 25.3 Å². The Balaban J connectivity index is 2.26. The van der Waals surface area contributed by atoms with Gasteiger partial charge in [0.1, 0.15) is 6.61 Å². The molecule has 0 aliphatic heterocycles. The summed E-state index contributed by atoms with van der Waals surface area (Å²) in [5.41, 5.74) is 2.15. The number of hydrogen-bond acceptors (Lipinski definition) is 2. The number of carbonyl (C=O) groups is 1. The van der Waals surface area contributed by atoms with Gasteiger partial charge in [0.25, 0.3) is 0 Å². The molecule has 0 fully saturated rings. The Morgan fingerprint density at radius 3 is 2.50 bits per heavy atom. The van der Waals surface area contributed by atoms with Crippen molar-refractivity contribution in [1.82, 2.24) is 5.32 Å². The highest BCUT2D eigenvalue weighted by atomic mass is 19.4. The minimum absolute atomic E-state index is 0.0790. The molecule has 6 heteroatoms. The first kappa shape index (κ1) is 16.5. The number of nitrogens with one attached hydrogen (secondary N) is 1. The van der Waals surface area contributed by atoms with Gasteiger partial charge in [0, 0.05) is 13.0 Å². The van der Waals surface area contributed by atoms with E-state index in [0.29, 0.717) is 6.54 Å². The normalized spacial score (nSPS) is 11.4. The molecule has 0 aliphatic rings. The van der Waals surface area contributed by atoms with E-state index in [1.807, 2.05) is 31.2 Å². The smallest absolute Gasteiger partial charge is 0.372 e. The van der Waals surface area contributed by atoms with Crippen molar-refractivity contribution in [1.29, 1.82) is 0 Å². The number of aryl methyl sites for hydroxylation is 1. The molecule has 0 atom stereocenters. The van der Waals surface area contributed by atoms with Crippen LogP contribution in [0.5, 0.6) is 0 Å². The summed E-state index contributed by atoms with van der Waals surface area (Å²) in [5.74, 6) is -0.321. The lowest BCUT2D eigenvalue weighted by Gasteiger charge is -2.10. The summed E-state index contributed by atoms with van der Waals surface area (Å²) in [5, 5.41) is 2.67. The van der Waals surface area contributed by atoms with E-state index in [2.05, 4.69) is 10.1 Å². The third-order valence-electron chi connectivity index (χ3n) is 2.71. The fourth-order valence-electron chi connectivity index (χ4n) is 1.71. The Morgan fingerprint density at radius 1 is 1.25 bits per heavy atom. The Hall–Kier alpha value is -1.56. The highest BCUT2D eigenvalue weighted by Crippen LogP contribution is 2.14. The molecule has 3 nitrogen and oxygen atoms in total. The van der Waals surface area contributed by atoms with Gasteiger partial charge >= 0.3 is 6.18 Å². The molecule has 1 aromatic rings. The maximum atomic E-state index is 11.8. The van der Waals surface area contributed by atoms with Crippen LogP contribution in [0.3, 0.4) is 0 Å². The number of halogens is 3. The standard InChI is InChI=1S/C14H18F3NO2/c1-2-11-5-3-4-6-12(11)9-18-13(19)7-8-20-10-14(15,16)17/h3-6H,2,7-10H2,1H3,(H,18,19). The monoisotopic (exact) mass is 289 g/mol. The first-order chi connectivity index (χ1) is 9.42. The zero-order chi connectivity index (χ0) is 15.0. The number of amides is 1. The predicted octanol–water partition coefficient (Wildman–Crippen LogP) is 2.83. The molecule has 112 valence electrons. The Kier molecular flexibility index (Phi) is 6.51. The van der Waals surface area contributed by atoms with Gasteiger partial charge in [0.2, 0.25) is 5.91 Å². The average molecular weight is 289 g/mol. The SMILES string of the molecule is CCc1ccccc1CNC(=O)CCOCC(F)(F)F. The molecule has 0 saturated carbocycles. The number of ether oxygens (including phenoxy) is 1. The van der Waals surface area contributed by atoms with Crippen LogP contribution in [0.1, 0.15) is 24.5 Å². The third kappa shape index (κ3) is 6.56. The molecule has 20 heavy (non-hydrogen) atoms. The van der Waals surface area contributed by atoms with Gasteiger partial charge in [-0.2, -0.15) is 13.2 Å². The number of rotatable bonds is 7. The van der Waals surface area contributed by atoms with Gasteiger partial charge in [-0.15, -0.1) is 0 Å². The second kappa shape index (κ2) is 7.89. The molecule has 1 amide bonds. The molecule has 0 unspecified atom stereocenters. The molecular weight excluding hydrogens is 271 g/mol. The lowest BCUT2D eigenvalue weighted by molar-refractivity contribution is -0.174. The maximum absolute atomic E-state index is 11.8. The van der Waals surface area contributed by atoms with E-state index in [0.717, 1.165) is 17.5 Å². The van der Waals surface area contributed by atoms with Crippen LogP contribution >= 0.6 is 0 Å². The zero-order valence-electron chi connectivity index (χ0n) is 11.3. The summed E-state index contributed by atoms with van der Waals surface area (Å²) in [6, 6.07) is 7.70. The molecule has 0 spiro atoms. The Morgan fingerprint density at radius 2 is 1.90 bits per heavy atom. The van der Waals surface area contributed by atoms with Crippen molar-refractivity contribution in [2.75, 3.05) is 13.2 Å². The van der Waals surface area contributed by atoms with Crippen LogP contribution in [0, 0.1) is 0 Å². The molecule has 1 rings (SSSR count). The summed E-state index contributed by atoms with van der Waals surface area (Å²) in [4.78, 5) is 11.5. The van der Waals surface area contributed by atoms with Gasteiger partial charge in [0.05, 0.1) is 6.61 Å². The van der Waals surface area contributed by atoms with Gasteiger partial charge in [-0.05, 0) is 17.5 Å². The number of alkyl halides is 3. The molecule has 0 saturated heterocycles. The molecule has 0 heterocycles. The Labute approximate surface area is 116 Å². The fourth-order valence-corrected chi connectivity index (χ4v) is 1.71. The van der Waals surface area contributed by atoms with Gasteiger partial charge in [-0.3, -0.25) is 4.79 Å². The summed E-state index contributed by atoms with van der Waals surface area (Å²) < 4.78 is 39.8. The van der Waals surface area contributed by atoms with Crippen LogP contribution in [0.15, 0.2) is 24.3 Å². The third-order valence-corrected chi connectivity index (χ3v) is 2.71. The van der Waals surface area contributed by atoms with Crippen molar-refractivity contribution in [3.05, 3.63) is 35.4 Å². The number of hydrogen-bond donors (Lipinski definition) is 1. The minimum atomic E-state index is -4.35. The quantitative estimate of drug-likeness (QED) is 0.784. The highest BCUT2D eigenvalue weighted by molar-refractivity contribution is 5.75. The van der Waals surface area contributed by atoms with Crippen molar-refractivity contribution < 1.29 is 22.7 Å². The van der Waals surface area contributed by atoms with E-state index in [1.54, 1.807) is 0 Å². The first-order valence-electron chi connectivity index (χ1n) is 6.40. The van der Waals surface area contributed by atoms with E-state index in [-0.39, 0.29) is 18.9 Å². The number of benzene rings is 1.